The lowest BCUT2D eigenvalue weighted by Crippen LogP contribution is -2.31. The Morgan fingerprint density at radius 1 is 0.861 bits per heavy atom. The Kier molecular flexibility index (Phi) is 6.72. The molecular weight excluding hydrogens is 452 g/mol. The first-order valence-corrected chi connectivity index (χ1v) is 13.0. The van der Waals surface area contributed by atoms with E-state index in [0.29, 0.717) is 19.6 Å². The van der Waals surface area contributed by atoms with Crippen molar-refractivity contribution in [3.05, 3.63) is 72.1 Å². The lowest BCUT2D eigenvalue weighted by Gasteiger charge is -2.26. The molecule has 0 N–H and O–H groups in total. The van der Waals surface area contributed by atoms with Gasteiger partial charge in [-0.2, -0.15) is 5.10 Å². The number of benzene rings is 2. The molecular formula is C29H32N4O3. The zero-order valence-corrected chi connectivity index (χ0v) is 20.6. The number of piperidine rings is 1. The zero-order valence-electron chi connectivity index (χ0n) is 20.6. The topological polar surface area (TPSA) is 61.1 Å². The summed E-state index contributed by atoms with van der Waals surface area (Å²) in [6, 6.07) is 20.4. The predicted molar refractivity (Wildman–Crippen MR) is 139 cm³/mol. The molecule has 6 rings (SSSR count). The minimum absolute atomic E-state index is 0.566. The Bertz CT molecular complexity index is 1310. The van der Waals surface area contributed by atoms with Crippen LogP contribution < -0.4 is 14.2 Å². The highest BCUT2D eigenvalue weighted by Gasteiger charge is 2.15. The smallest absolute Gasteiger partial charge is 0.162 e. The first-order valence-electron chi connectivity index (χ1n) is 13.0. The average Bonchev–Trinajstić information content (AvgIpc) is 3.35. The van der Waals surface area contributed by atoms with Crippen molar-refractivity contribution >= 4 is 5.65 Å². The fourth-order valence-corrected chi connectivity index (χ4v) is 4.99. The maximum absolute atomic E-state index is 5.97. The second-order valence-corrected chi connectivity index (χ2v) is 9.49. The third kappa shape index (κ3) is 5.16. The van der Waals surface area contributed by atoms with Gasteiger partial charge in [0.1, 0.15) is 19.0 Å². The number of likely N-dealkylation sites (tertiary alicyclic amines) is 1. The van der Waals surface area contributed by atoms with Crippen LogP contribution in [0, 0.1) is 0 Å². The Morgan fingerprint density at radius 2 is 1.69 bits per heavy atom. The summed E-state index contributed by atoms with van der Waals surface area (Å²) < 4.78 is 19.3. The van der Waals surface area contributed by atoms with Crippen molar-refractivity contribution in [1.82, 2.24) is 19.5 Å². The lowest BCUT2D eigenvalue weighted by atomic mass is 10.1. The molecule has 0 aliphatic carbocycles. The van der Waals surface area contributed by atoms with Crippen LogP contribution in [0.15, 0.2) is 60.7 Å². The summed E-state index contributed by atoms with van der Waals surface area (Å²) in [5.41, 5.74) is 3.97. The van der Waals surface area contributed by atoms with Gasteiger partial charge in [-0.25, -0.2) is 9.50 Å². The lowest BCUT2D eigenvalue weighted by molar-refractivity contribution is 0.171. The molecule has 1 fully saturated rings. The molecule has 7 nitrogen and oxygen atoms in total. The van der Waals surface area contributed by atoms with Gasteiger partial charge in [-0.1, -0.05) is 24.6 Å². The van der Waals surface area contributed by atoms with Gasteiger partial charge in [0, 0.05) is 18.5 Å². The van der Waals surface area contributed by atoms with E-state index in [0.717, 1.165) is 65.1 Å². The van der Waals surface area contributed by atoms with Crippen LogP contribution in [0.1, 0.15) is 37.1 Å². The van der Waals surface area contributed by atoms with Crippen molar-refractivity contribution in [2.45, 2.75) is 32.1 Å². The molecule has 7 heteroatoms. The van der Waals surface area contributed by atoms with Crippen molar-refractivity contribution in [3.63, 3.8) is 0 Å². The molecule has 4 aromatic rings. The highest BCUT2D eigenvalue weighted by molar-refractivity contribution is 5.66. The third-order valence-corrected chi connectivity index (χ3v) is 6.86. The number of hydrogen-bond acceptors (Lipinski definition) is 6. The summed E-state index contributed by atoms with van der Waals surface area (Å²) in [4.78, 5) is 7.32. The molecule has 36 heavy (non-hydrogen) atoms. The highest BCUT2D eigenvalue weighted by Crippen LogP contribution is 2.34. The zero-order chi connectivity index (χ0) is 24.2. The van der Waals surface area contributed by atoms with E-state index >= 15 is 0 Å². The minimum atomic E-state index is 0.566. The van der Waals surface area contributed by atoms with Gasteiger partial charge in [-0.3, -0.25) is 0 Å². The molecule has 0 atom stereocenters. The van der Waals surface area contributed by atoms with Gasteiger partial charge in [0.05, 0.1) is 12.3 Å². The van der Waals surface area contributed by atoms with E-state index < -0.39 is 0 Å². The number of fused-ring (bicyclic) bond motifs is 2. The molecule has 2 aromatic carbocycles. The van der Waals surface area contributed by atoms with Crippen LogP contribution in [0.3, 0.4) is 0 Å². The number of pyridine rings is 1. The number of ether oxygens (including phenoxy) is 3. The fourth-order valence-electron chi connectivity index (χ4n) is 4.99. The van der Waals surface area contributed by atoms with Crippen molar-refractivity contribution in [3.8, 4) is 28.5 Å². The van der Waals surface area contributed by atoms with Crippen LogP contribution in [0.4, 0.5) is 0 Å². The Balaban J connectivity index is 1.10. The van der Waals surface area contributed by atoms with Gasteiger partial charge in [-0.05, 0) is 80.4 Å². The number of aromatic nitrogens is 3. The van der Waals surface area contributed by atoms with Crippen molar-refractivity contribution in [2.24, 2.45) is 0 Å². The van der Waals surface area contributed by atoms with Crippen LogP contribution in [-0.2, 0) is 6.42 Å². The molecule has 0 spiro atoms. The van der Waals surface area contributed by atoms with Crippen molar-refractivity contribution < 1.29 is 14.2 Å². The number of rotatable bonds is 8. The van der Waals surface area contributed by atoms with Crippen molar-refractivity contribution in [2.75, 3.05) is 39.5 Å². The maximum Gasteiger partial charge on any atom is 0.162 e. The van der Waals surface area contributed by atoms with Gasteiger partial charge >= 0.3 is 0 Å². The van der Waals surface area contributed by atoms with Gasteiger partial charge in [0.2, 0.25) is 0 Å². The molecule has 1 saturated heterocycles. The van der Waals surface area contributed by atoms with Gasteiger partial charge in [-0.15, -0.1) is 0 Å². The third-order valence-electron chi connectivity index (χ3n) is 6.86. The second-order valence-electron chi connectivity index (χ2n) is 9.49. The Labute approximate surface area is 211 Å². The van der Waals surface area contributed by atoms with Crippen LogP contribution in [0.2, 0.25) is 0 Å². The second kappa shape index (κ2) is 10.6. The summed E-state index contributed by atoms with van der Waals surface area (Å²) in [5.74, 6) is 3.26. The van der Waals surface area contributed by atoms with Crippen LogP contribution >= 0.6 is 0 Å². The molecule has 0 saturated carbocycles. The quantitative estimate of drug-likeness (QED) is 0.328. The largest absolute Gasteiger partial charge is 0.494 e. The molecule has 4 heterocycles. The summed E-state index contributed by atoms with van der Waals surface area (Å²) in [7, 11) is 0. The molecule has 2 aromatic heterocycles. The molecule has 0 amide bonds. The number of nitrogens with zero attached hydrogens (tertiary/aromatic N) is 4. The van der Waals surface area contributed by atoms with Gasteiger partial charge < -0.3 is 19.1 Å². The summed E-state index contributed by atoms with van der Waals surface area (Å²) in [6.07, 6.45) is 5.79. The van der Waals surface area contributed by atoms with Crippen LogP contribution in [0.25, 0.3) is 16.9 Å². The SMILES string of the molecule is c1cc(-c2ccc3c(c2)OCCO3)n2nc(Cc3ccc(OCCCN4CCCCC4)cc3)nc2c1. The maximum atomic E-state index is 5.97. The highest BCUT2D eigenvalue weighted by atomic mass is 16.6. The molecule has 0 unspecified atom stereocenters. The molecule has 2 aliphatic heterocycles. The van der Waals surface area contributed by atoms with Crippen LogP contribution in [0.5, 0.6) is 17.2 Å². The molecule has 186 valence electrons. The Hall–Kier alpha value is -3.58. The standard InChI is InChI=1S/C29H32N4O3/c1-2-14-32(15-3-1)16-5-17-34-24-11-8-22(9-12-24)20-28-30-29-7-4-6-25(33(29)31-28)23-10-13-26-27(21-23)36-19-18-35-26/h4,6-13,21H,1-3,5,14-20H2. The van der Waals surface area contributed by atoms with E-state index in [4.69, 9.17) is 24.3 Å². The summed E-state index contributed by atoms with van der Waals surface area (Å²) in [6.45, 7) is 5.52. The van der Waals surface area contributed by atoms with E-state index in [9.17, 15) is 0 Å². The van der Waals surface area contributed by atoms with Crippen LogP contribution in [-0.4, -0.2) is 59.0 Å². The van der Waals surface area contributed by atoms with Gasteiger partial charge in [0.25, 0.3) is 0 Å². The van der Waals surface area contributed by atoms with E-state index in [2.05, 4.69) is 17.0 Å². The van der Waals surface area contributed by atoms with E-state index in [-0.39, 0.29) is 0 Å². The minimum Gasteiger partial charge on any atom is -0.494 e. The van der Waals surface area contributed by atoms with E-state index in [1.54, 1.807) is 0 Å². The predicted octanol–water partition coefficient (Wildman–Crippen LogP) is 5.01. The Morgan fingerprint density at radius 3 is 2.56 bits per heavy atom. The number of hydrogen-bond donors (Lipinski definition) is 0. The average molecular weight is 485 g/mol. The molecule has 0 bridgehead atoms. The first-order chi connectivity index (χ1) is 17.8. The molecule has 2 aliphatic rings. The summed E-state index contributed by atoms with van der Waals surface area (Å²) >= 11 is 0. The molecule has 0 radical (unpaired) electrons. The normalized spacial score (nSPS) is 15.8. The van der Waals surface area contributed by atoms with E-state index in [1.165, 1.54) is 32.4 Å². The van der Waals surface area contributed by atoms with Gasteiger partial charge in [0.15, 0.2) is 23.0 Å². The summed E-state index contributed by atoms with van der Waals surface area (Å²) in [5, 5.41) is 4.82. The first kappa shape index (κ1) is 22.9. The van der Waals surface area contributed by atoms with E-state index in [1.807, 2.05) is 53.0 Å². The monoisotopic (exact) mass is 484 g/mol. The van der Waals surface area contributed by atoms with Crippen molar-refractivity contribution in [1.29, 1.82) is 0 Å². The fraction of sp³-hybridized carbons (Fsp3) is 0.379.